The van der Waals surface area contributed by atoms with E-state index in [1.54, 1.807) is 0 Å². The van der Waals surface area contributed by atoms with Gasteiger partial charge in [-0.2, -0.15) is 0 Å². The number of hydrogen-bond acceptors (Lipinski definition) is 5. The summed E-state index contributed by atoms with van der Waals surface area (Å²) in [6.07, 6.45) is 3.71. The maximum Gasteiger partial charge on any atom is 0.319 e. The summed E-state index contributed by atoms with van der Waals surface area (Å²) >= 11 is 0. The standard InChI is InChI=1S/C25H20N6O3/c32-25(28-13-15-5-8-21-22(11-15)34-14-33-21)29-16-6-7-17-20(12-16)31-24(19-4-2-10-27-19)23(30-17)18-3-1-9-26-18/h1-12,26-27H,13-14H2,(H2,28,29,32). The Kier molecular flexibility index (Phi) is 4.84. The number of carbonyl (C=O) groups is 1. The predicted molar refractivity (Wildman–Crippen MR) is 128 cm³/mol. The van der Waals surface area contributed by atoms with Crippen LogP contribution < -0.4 is 20.1 Å². The van der Waals surface area contributed by atoms with Gasteiger partial charge in [-0.3, -0.25) is 0 Å². The lowest BCUT2D eigenvalue weighted by Gasteiger charge is -2.11. The monoisotopic (exact) mass is 452 g/mol. The van der Waals surface area contributed by atoms with Crippen LogP contribution >= 0.6 is 0 Å². The molecule has 9 heteroatoms. The van der Waals surface area contributed by atoms with Crippen molar-refractivity contribution in [2.24, 2.45) is 0 Å². The molecule has 0 fully saturated rings. The van der Waals surface area contributed by atoms with E-state index in [-0.39, 0.29) is 12.8 Å². The Bertz CT molecular complexity index is 1480. The van der Waals surface area contributed by atoms with E-state index in [4.69, 9.17) is 19.4 Å². The number of hydrogen-bond donors (Lipinski definition) is 4. The van der Waals surface area contributed by atoms with E-state index >= 15 is 0 Å². The minimum Gasteiger partial charge on any atom is -0.454 e. The van der Waals surface area contributed by atoms with Crippen LogP contribution in [0.1, 0.15) is 5.56 Å². The topological polar surface area (TPSA) is 117 Å². The van der Waals surface area contributed by atoms with Gasteiger partial charge in [0, 0.05) is 24.6 Å². The predicted octanol–water partition coefficient (Wildman–Crippen LogP) is 4.67. The molecule has 2 aromatic carbocycles. The maximum absolute atomic E-state index is 12.5. The van der Waals surface area contributed by atoms with Gasteiger partial charge < -0.3 is 30.1 Å². The van der Waals surface area contributed by atoms with Gasteiger partial charge in [-0.25, -0.2) is 14.8 Å². The first-order valence-corrected chi connectivity index (χ1v) is 10.8. The fraction of sp³-hybridized carbons (Fsp3) is 0.0800. The van der Waals surface area contributed by atoms with E-state index in [9.17, 15) is 4.79 Å². The molecule has 1 aliphatic heterocycles. The van der Waals surface area contributed by atoms with Crippen molar-refractivity contribution in [2.75, 3.05) is 12.1 Å². The van der Waals surface area contributed by atoms with Crippen LogP contribution in [0.4, 0.5) is 10.5 Å². The van der Waals surface area contributed by atoms with Gasteiger partial charge >= 0.3 is 6.03 Å². The van der Waals surface area contributed by atoms with Gasteiger partial charge in [-0.05, 0) is 60.2 Å². The zero-order valence-corrected chi connectivity index (χ0v) is 18.0. The quantitative estimate of drug-likeness (QED) is 0.309. The largest absolute Gasteiger partial charge is 0.454 e. The molecule has 4 heterocycles. The molecule has 168 valence electrons. The molecule has 1 aliphatic rings. The summed E-state index contributed by atoms with van der Waals surface area (Å²) in [4.78, 5) is 28.6. The van der Waals surface area contributed by atoms with Crippen molar-refractivity contribution in [3.8, 4) is 34.3 Å². The highest BCUT2D eigenvalue weighted by molar-refractivity contribution is 5.93. The molecule has 3 aromatic heterocycles. The highest BCUT2D eigenvalue weighted by Crippen LogP contribution is 2.32. The van der Waals surface area contributed by atoms with Crippen molar-refractivity contribution < 1.29 is 14.3 Å². The van der Waals surface area contributed by atoms with Crippen molar-refractivity contribution >= 4 is 22.8 Å². The second kappa shape index (κ2) is 8.28. The summed E-state index contributed by atoms with van der Waals surface area (Å²) in [7, 11) is 0. The van der Waals surface area contributed by atoms with Gasteiger partial charge in [-0.1, -0.05) is 6.07 Å². The average Bonchev–Trinajstić information content (AvgIpc) is 3.64. The van der Waals surface area contributed by atoms with Crippen molar-refractivity contribution in [3.05, 3.63) is 78.6 Å². The third kappa shape index (κ3) is 3.79. The number of aromatic nitrogens is 4. The number of benzene rings is 2. The molecule has 2 amide bonds. The number of anilines is 1. The highest BCUT2D eigenvalue weighted by atomic mass is 16.7. The first-order chi connectivity index (χ1) is 16.7. The molecule has 0 unspecified atom stereocenters. The van der Waals surface area contributed by atoms with Gasteiger partial charge in [0.25, 0.3) is 0 Å². The van der Waals surface area contributed by atoms with Crippen molar-refractivity contribution in [1.29, 1.82) is 0 Å². The van der Waals surface area contributed by atoms with Crippen LogP contribution in [0.15, 0.2) is 73.1 Å². The molecule has 0 atom stereocenters. The fourth-order valence-electron chi connectivity index (χ4n) is 3.87. The molecule has 6 rings (SSSR count). The van der Waals surface area contributed by atoms with E-state index in [0.29, 0.717) is 29.2 Å². The number of aromatic amines is 2. The maximum atomic E-state index is 12.5. The Morgan fingerprint density at radius 1 is 0.853 bits per heavy atom. The highest BCUT2D eigenvalue weighted by Gasteiger charge is 2.16. The molecule has 4 N–H and O–H groups in total. The lowest BCUT2D eigenvalue weighted by molar-refractivity contribution is 0.174. The number of urea groups is 1. The SMILES string of the molecule is O=C(NCc1ccc2c(c1)OCO2)Nc1ccc2nc(-c3ccc[nH]3)c(-c3ccc[nH]3)nc2c1. The van der Waals surface area contributed by atoms with Gasteiger partial charge in [-0.15, -0.1) is 0 Å². The fourth-order valence-corrected chi connectivity index (χ4v) is 3.87. The van der Waals surface area contributed by atoms with Gasteiger partial charge in [0.05, 0.1) is 22.4 Å². The smallest absolute Gasteiger partial charge is 0.319 e. The first kappa shape index (κ1) is 19.9. The summed E-state index contributed by atoms with van der Waals surface area (Å²) in [6, 6.07) is 18.5. The van der Waals surface area contributed by atoms with Crippen LogP contribution in [0.25, 0.3) is 33.8 Å². The summed E-state index contributed by atoms with van der Waals surface area (Å²) in [6.45, 7) is 0.571. The molecule has 5 aromatic rings. The lowest BCUT2D eigenvalue weighted by Crippen LogP contribution is -2.28. The number of carbonyl (C=O) groups excluding carboxylic acids is 1. The van der Waals surface area contributed by atoms with Crippen LogP contribution in [-0.2, 0) is 6.54 Å². The molecule has 0 radical (unpaired) electrons. The summed E-state index contributed by atoms with van der Waals surface area (Å²) in [5.74, 6) is 1.40. The van der Waals surface area contributed by atoms with Crippen LogP contribution in [0.2, 0.25) is 0 Å². The number of rotatable bonds is 5. The third-order valence-corrected chi connectivity index (χ3v) is 5.52. The number of ether oxygens (including phenoxy) is 2. The number of nitrogens with one attached hydrogen (secondary N) is 4. The Balaban J connectivity index is 1.23. The molecule has 0 aliphatic carbocycles. The van der Waals surface area contributed by atoms with Crippen molar-refractivity contribution in [1.82, 2.24) is 25.3 Å². The van der Waals surface area contributed by atoms with E-state index in [1.165, 1.54) is 0 Å². The average molecular weight is 452 g/mol. The zero-order chi connectivity index (χ0) is 22.9. The molecule has 0 saturated heterocycles. The number of fused-ring (bicyclic) bond motifs is 2. The van der Waals surface area contributed by atoms with Gasteiger partial charge in [0.1, 0.15) is 11.4 Å². The summed E-state index contributed by atoms with van der Waals surface area (Å²) in [5.41, 5.74) is 6.15. The third-order valence-electron chi connectivity index (χ3n) is 5.52. The van der Waals surface area contributed by atoms with E-state index in [0.717, 1.165) is 33.9 Å². The second-order valence-electron chi connectivity index (χ2n) is 7.79. The number of H-pyrrole nitrogens is 2. The van der Waals surface area contributed by atoms with Gasteiger partial charge in [0.15, 0.2) is 11.5 Å². The second-order valence-corrected chi connectivity index (χ2v) is 7.79. The van der Waals surface area contributed by atoms with Crippen LogP contribution in [-0.4, -0.2) is 32.8 Å². The summed E-state index contributed by atoms with van der Waals surface area (Å²) < 4.78 is 10.7. The van der Waals surface area contributed by atoms with Crippen molar-refractivity contribution in [2.45, 2.75) is 6.54 Å². The minimum atomic E-state index is -0.322. The molecule has 0 saturated carbocycles. The Morgan fingerprint density at radius 3 is 2.32 bits per heavy atom. The van der Waals surface area contributed by atoms with Crippen LogP contribution in [0.5, 0.6) is 11.5 Å². The molecule has 34 heavy (non-hydrogen) atoms. The number of amides is 2. The zero-order valence-electron chi connectivity index (χ0n) is 18.0. The molecule has 9 nitrogen and oxygen atoms in total. The van der Waals surface area contributed by atoms with E-state index < -0.39 is 0 Å². The summed E-state index contributed by atoms with van der Waals surface area (Å²) in [5, 5.41) is 5.72. The van der Waals surface area contributed by atoms with E-state index in [1.807, 2.05) is 73.1 Å². The van der Waals surface area contributed by atoms with E-state index in [2.05, 4.69) is 20.6 Å². The minimum absolute atomic E-state index is 0.218. The molecular weight excluding hydrogens is 432 g/mol. The molecule has 0 bridgehead atoms. The number of nitrogens with zero attached hydrogens (tertiary/aromatic N) is 2. The Hall–Kier alpha value is -4.79. The normalized spacial score (nSPS) is 12.1. The van der Waals surface area contributed by atoms with Crippen molar-refractivity contribution in [3.63, 3.8) is 0 Å². The van der Waals surface area contributed by atoms with Crippen LogP contribution in [0, 0.1) is 0 Å². The van der Waals surface area contributed by atoms with Gasteiger partial charge in [0.2, 0.25) is 6.79 Å². The first-order valence-electron chi connectivity index (χ1n) is 10.8. The Labute approximate surface area is 194 Å². The molecular formula is C25H20N6O3. The Morgan fingerprint density at radius 2 is 1.59 bits per heavy atom. The van der Waals surface area contributed by atoms with Crippen LogP contribution in [0.3, 0.4) is 0 Å². The lowest BCUT2D eigenvalue weighted by atomic mass is 10.1. The molecule has 0 spiro atoms.